The number of amides is 1. The fraction of sp³-hybridized carbons (Fsp3) is 0.562. The Balaban J connectivity index is 1.86. The lowest BCUT2D eigenvalue weighted by atomic mass is 10.1. The van der Waals surface area contributed by atoms with Crippen LogP contribution in [-0.2, 0) is 0 Å². The van der Waals surface area contributed by atoms with Gasteiger partial charge in [0.1, 0.15) is 0 Å². The number of benzene rings is 1. The third-order valence-corrected chi connectivity index (χ3v) is 3.97. The van der Waals surface area contributed by atoms with Crippen molar-refractivity contribution in [1.29, 1.82) is 0 Å². The molecule has 1 aromatic carbocycles. The Labute approximate surface area is 138 Å². The summed E-state index contributed by atoms with van der Waals surface area (Å²) in [5, 5.41) is 2.77. The number of ether oxygens (including phenoxy) is 2. The summed E-state index contributed by atoms with van der Waals surface area (Å²) < 4.78 is 47.4. The average molecular weight is 346 g/mol. The van der Waals surface area contributed by atoms with Crippen molar-refractivity contribution in [1.82, 2.24) is 10.2 Å². The fourth-order valence-electron chi connectivity index (χ4n) is 2.79. The molecule has 5 nitrogen and oxygen atoms in total. The van der Waals surface area contributed by atoms with Crippen molar-refractivity contribution in [2.75, 3.05) is 40.4 Å². The van der Waals surface area contributed by atoms with Crippen molar-refractivity contribution in [2.24, 2.45) is 5.92 Å². The summed E-state index contributed by atoms with van der Waals surface area (Å²) in [7, 11) is 2.98. The van der Waals surface area contributed by atoms with Gasteiger partial charge in [-0.25, -0.2) is 0 Å². The molecule has 0 aliphatic carbocycles. The largest absolute Gasteiger partial charge is 0.493 e. The highest BCUT2D eigenvalue weighted by molar-refractivity contribution is 5.94. The van der Waals surface area contributed by atoms with E-state index in [9.17, 15) is 18.0 Å². The highest BCUT2D eigenvalue weighted by Crippen LogP contribution is 2.27. The van der Waals surface area contributed by atoms with Crippen molar-refractivity contribution < 1.29 is 27.4 Å². The summed E-state index contributed by atoms with van der Waals surface area (Å²) in [6, 6.07) is 4.81. The van der Waals surface area contributed by atoms with E-state index < -0.39 is 12.7 Å². The normalized spacial score (nSPS) is 18.5. The number of nitrogens with one attached hydrogen (secondary N) is 1. The van der Waals surface area contributed by atoms with E-state index in [1.54, 1.807) is 18.2 Å². The van der Waals surface area contributed by atoms with Gasteiger partial charge in [0.15, 0.2) is 11.5 Å². The van der Waals surface area contributed by atoms with Crippen molar-refractivity contribution >= 4 is 5.91 Å². The molecule has 0 aromatic heterocycles. The summed E-state index contributed by atoms with van der Waals surface area (Å²) >= 11 is 0. The number of likely N-dealkylation sites (tertiary alicyclic amines) is 1. The SMILES string of the molecule is COc1ccc(C(=O)NC[C@H]2CCN(CC(F)(F)F)C2)cc1OC. The van der Waals surface area contributed by atoms with Crippen LogP contribution in [0.4, 0.5) is 13.2 Å². The number of methoxy groups -OCH3 is 2. The van der Waals surface area contributed by atoms with Gasteiger partial charge < -0.3 is 14.8 Å². The minimum absolute atomic E-state index is 0.0245. The monoisotopic (exact) mass is 346 g/mol. The quantitative estimate of drug-likeness (QED) is 0.859. The third-order valence-electron chi connectivity index (χ3n) is 3.97. The summed E-state index contributed by atoms with van der Waals surface area (Å²) in [5.74, 6) is 0.705. The molecule has 1 aliphatic rings. The van der Waals surface area contributed by atoms with Crippen molar-refractivity contribution in [2.45, 2.75) is 12.6 Å². The van der Waals surface area contributed by atoms with Gasteiger partial charge in [0.05, 0.1) is 20.8 Å². The fourth-order valence-corrected chi connectivity index (χ4v) is 2.79. The van der Waals surface area contributed by atoms with Crippen molar-refractivity contribution in [3.63, 3.8) is 0 Å². The molecule has 1 aliphatic heterocycles. The highest BCUT2D eigenvalue weighted by Gasteiger charge is 2.34. The van der Waals surface area contributed by atoms with Crippen LogP contribution in [0.3, 0.4) is 0 Å². The molecule has 1 saturated heterocycles. The van der Waals surface area contributed by atoms with E-state index in [-0.39, 0.29) is 11.8 Å². The summed E-state index contributed by atoms with van der Waals surface area (Å²) in [6.45, 7) is 0.191. The van der Waals surface area contributed by atoms with Gasteiger partial charge in [-0.2, -0.15) is 13.2 Å². The number of carbonyl (C=O) groups is 1. The van der Waals surface area contributed by atoms with Gasteiger partial charge in [-0.15, -0.1) is 0 Å². The zero-order valence-corrected chi connectivity index (χ0v) is 13.7. The van der Waals surface area contributed by atoms with E-state index in [0.717, 1.165) is 0 Å². The van der Waals surface area contributed by atoms with Crippen LogP contribution in [0.25, 0.3) is 0 Å². The van der Waals surface area contributed by atoms with E-state index in [2.05, 4.69) is 5.32 Å². The second-order valence-electron chi connectivity index (χ2n) is 5.78. The van der Waals surface area contributed by atoms with Crippen molar-refractivity contribution in [3.8, 4) is 11.5 Å². The number of nitrogens with zero attached hydrogens (tertiary/aromatic N) is 1. The van der Waals surface area contributed by atoms with Gasteiger partial charge in [0.2, 0.25) is 0 Å². The van der Waals surface area contributed by atoms with Gasteiger partial charge in [-0.3, -0.25) is 9.69 Å². The molecule has 0 radical (unpaired) electrons. The van der Waals surface area contributed by atoms with E-state index in [1.165, 1.54) is 19.1 Å². The second-order valence-corrected chi connectivity index (χ2v) is 5.78. The molecular formula is C16H21F3N2O3. The van der Waals surface area contributed by atoms with Crippen LogP contribution in [0.15, 0.2) is 18.2 Å². The zero-order valence-electron chi connectivity index (χ0n) is 13.7. The smallest absolute Gasteiger partial charge is 0.401 e. The van der Waals surface area contributed by atoms with Crippen LogP contribution in [0, 0.1) is 5.92 Å². The predicted molar refractivity (Wildman–Crippen MR) is 82.5 cm³/mol. The topological polar surface area (TPSA) is 50.8 Å². The molecule has 1 N–H and O–H groups in total. The second kappa shape index (κ2) is 7.74. The zero-order chi connectivity index (χ0) is 17.7. The Bertz CT molecular complexity index is 578. The molecule has 0 saturated carbocycles. The minimum Gasteiger partial charge on any atom is -0.493 e. The maximum absolute atomic E-state index is 12.4. The minimum atomic E-state index is -4.18. The summed E-state index contributed by atoms with van der Waals surface area (Å²) in [6.07, 6.45) is -3.54. The third kappa shape index (κ3) is 5.02. The van der Waals surface area contributed by atoms with E-state index in [4.69, 9.17) is 9.47 Å². The molecule has 0 unspecified atom stereocenters. The molecule has 134 valence electrons. The van der Waals surface area contributed by atoms with Crippen LogP contribution in [0.5, 0.6) is 11.5 Å². The molecule has 1 fully saturated rings. The standard InChI is InChI=1S/C16H21F3N2O3/c1-23-13-4-3-12(7-14(13)24-2)15(22)20-8-11-5-6-21(9-11)10-16(17,18)19/h3-4,7,11H,5-6,8-10H2,1-2H3,(H,20,22)/t11-/m1/s1. The predicted octanol–water partition coefficient (Wildman–Crippen LogP) is 2.32. The number of halogens is 3. The number of hydrogen-bond donors (Lipinski definition) is 1. The molecule has 24 heavy (non-hydrogen) atoms. The number of carbonyl (C=O) groups excluding carboxylic acids is 1. The lowest BCUT2D eigenvalue weighted by Gasteiger charge is -2.18. The summed E-state index contributed by atoms with van der Waals surface area (Å²) in [5.41, 5.74) is 0.415. The molecular weight excluding hydrogens is 325 g/mol. The molecule has 1 heterocycles. The molecule has 1 atom stereocenters. The van der Waals surface area contributed by atoms with Gasteiger partial charge in [-0.05, 0) is 37.1 Å². The maximum atomic E-state index is 12.4. The number of rotatable bonds is 6. The van der Waals surface area contributed by atoms with Crippen LogP contribution >= 0.6 is 0 Å². The number of alkyl halides is 3. The van der Waals surface area contributed by atoms with E-state index >= 15 is 0 Å². The Kier molecular flexibility index (Phi) is 5.93. The van der Waals surface area contributed by atoms with Crippen LogP contribution < -0.4 is 14.8 Å². The van der Waals surface area contributed by atoms with Crippen LogP contribution in [0.2, 0.25) is 0 Å². The number of hydrogen-bond acceptors (Lipinski definition) is 4. The molecule has 0 bridgehead atoms. The Morgan fingerprint density at radius 1 is 1.29 bits per heavy atom. The van der Waals surface area contributed by atoms with Gasteiger partial charge >= 0.3 is 6.18 Å². The molecule has 1 aromatic rings. The first-order valence-electron chi connectivity index (χ1n) is 7.61. The summed E-state index contributed by atoms with van der Waals surface area (Å²) in [4.78, 5) is 13.5. The highest BCUT2D eigenvalue weighted by atomic mass is 19.4. The Hall–Kier alpha value is -1.96. The maximum Gasteiger partial charge on any atom is 0.401 e. The first-order valence-corrected chi connectivity index (χ1v) is 7.61. The lowest BCUT2D eigenvalue weighted by molar-refractivity contribution is -0.143. The molecule has 8 heteroatoms. The van der Waals surface area contributed by atoms with Gasteiger partial charge in [0.25, 0.3) is 5.91 Å². The van der Waals surface area contributed by atoms with Gasteiger partial charge in [-0.1, -0.05) is 0 Å². The Morgan fingerprint density at radius 3 is 2.62 bits per heavy atom. The van der Waals surface area contributed by atoms with E-state index in [1.807, 2.05) is 0 Å². The Morgan fingerprint density at radius 2 is 2.00 bits per heavy atom. The van der Waals surface area contributed by atoms with Crippen LogP contribution in [0.1, 0.15) is 16.8 Å². The lowest BCUT2D eigenvalue weighted by Crippen LogP contribution is -2.34. The first-order chi connectivity index (χ1) is 11.3. The molecule has 0 spiro atoms. The van der Waals surface area contributed by atoms with Crippen LogP contribution in [-0.4, -0.2) is 57.4 Å². The molecule has 1 amide bonds. The first kappa shape index (κ1) is 18.4. The molecule has 2 rings (SSSR count). The van der Waals surface area contributed by atoms with Crippen molar-refractivity contribution in [3.05, 3.63) is 23.8 Å². The van der Waals surface area contributed by atoms with E-state index in [0.29, 0.717) is 43.1 Å². The average Bonchev–Trinajstić information content (AvgIpc) is 2.97. The van der Waals surface area contributed by atoms with Gasteiger partial charge in [0, 0.05) is 18.7 Å².